The van der Waals surface area contributed by atoms with Crippen LogP contribution in [-0.2, 0) is 10.0 Å². The number of aryl methyl sites for hydroxylation is 1. The van der Waals surface area contributed by atoms with Crippen LogP contribution in [0.2, 0.25) is 5.02 Å². The summed E-state index contributed by atoms with van der Waals surface area (Å²) in [7, 11) is -0.917. The van der Waals surface area contributed by atoms with Crippen LogP contribution in [0.15, 0.2) is 71.6 Å². The lowest BCUT2D eigenvalue weighted by Crippen LogP contribution is -2.27. The van der Waals surface area contributed by atoms with Crippen molar-refractivity contribution >= 4 is 60.3 Å². The van der Waals surface area contributed by atoms with Crippen LogP contribution in [0.25, 0.3) is 10.1 Å². The van der Waals surface area contributed by atoms with Gasteiger partial charge in [-0.25, -0.2) is 8.42 Å². The van der Waals surface area contributed by atoms with Crippen LogP contribution in [0, 0.1) is 6.92 Å². The van der Waals surface area contributed by atoms with Crippen molar-refractivity contribution in [3.05, 3.63) is 82.2 Å². The molecule has 3 aromatic carbocycles. The molecule has 0 aliphatic carbocycles. The minimum Gasteiger partial charge on any atom is -0.495 e. The number of hydrogen-bond acceptors (Lipinski definition) is 5. The summed E-state index contributed by atoms with van der Waals surface area (Å²) in [5, 5.41) is 4.20. The van der Waals surface area contributed by atoms with Crippen LogP contribution in [0.3, 0.4) is 0 Å². The number of amides is 1. The fourth-order valence-electron chi connectivity index (χ4n) is 3.34. The third kappa shape index (κ3) is 4.68. The standard InChI is InChI=1S/C24H21ClN2O4S2/c1-15-4-10-20(31-3)23(12-15)33(29,30)27(2)19-9-11-21-16(13-19)14-22(32-21)24(28)26-18-7-5-17(25)6-8-18/h4-14H,1-3H3,(H,26,28). The van der Waals surface area contributed by atoms with Crippen molar-refractivity contribution < 1.29 is 17.9 Å². The number of fused-ring (bicyclic) bond motifs is 1. The topological polar surface area (TPSA) is 75.7 Å². The molecule has 0 radical (unpaired) electrons. The summed E-state index contributed by atoms with van der Waals surface area (Å²) < 4.78 is 34.0. The molecule has 0 aliphatic rings. The Labute approximate surface area is 201 Å². The molecule has 0 atom stereocenters. The van der Waals surface area contributed by atoms with E-state index >= 15 is 0 Å². The monoisotopic (exact) mass is 500 g/mol. The number of sulfonamides is 1. The van der Waals surface area contributed by atoms with Gasteiger partial charge in [-0.3, -0.25) is 9.10 Å². The van der Waals surface area contributed by atoms with Crippen LogP contribution in [0.5, 0.6) is 5.75 Å². The van der Waals surface area contributed by atoms with Crippen LogP contribution in [-0.4, -0.2) is 28.5 Å². The Kier molecular flexibility index (Phi) is 6.34. The summed E-state index contributed by atoms with van der Waals surface area (Å²) in [5.74, 6) is 0.0377. The molecular formula is C24H21ClN2O4S2. The molecule has 1 heterocycles. The van der Waals surface area contributed by atoms with E-state index in [2.05, 4.69) is 5.32 Å². The quantitative estimate of drug-likeness (QED) is 0.355. The van der Waals surface area contributed by atoms with E-state index in [1.807, 2.05) is 13.0 Å². The number of carbonyl (C=O) groups excluding carboxylic acids is 1. The highest BCUT2D eigenvalue weighted by Gasteiger charge is 2.26. The Hall–Kier alpha value is -3.07. The van der Waals surface area contributed by atoms with Crippen LogP contribution >= 0.6 is 22.9 Å². The minimum absolute atomic E-state index is 0.0981. The number of thiophene rings is 1. The van der Waals surface area contributed by atoms with Crippen molar-refractivity contribution in [2.24, 2.45) is 0 Å². The number of nitrogens with zero attached hydrogens (tertiary/aromatic N) is 1. The predicted molar refractivity (Wildman–Crippen MR) is 135 cm³/mol. The number of anilines is 2. The van der Waals surface area contributed by atoms with Gasteiger partial charge in [0.25, 0.3) is 15.9 Å². The van der Waals surface area contributed by atoms with Gasteiger partial charge in [0.2, 0.25) is 0 Å². The van der Waals surface area contributed by atoms with E-state index in [9.17, 15) is 13.2 Å². The molecule has 6 nitrogen and oxygen atoms in total. The SMILES string of the molecule is COc1ccc(C)cc1S(=O)(=O)N(C)c1ccc2sc(C(=O)Nc3ccc(Cl)cc3)cc2c1. The minimum atomic E-state index is -3.86. The number of hydrogen-bond donors (Lipinski definition) is 1. The average molecular weight is 501 g/mol. The number of methoxy groups -OCH3 is 1. The lowest BCUT2D eigenvalue weighted by molar-refractivity contribution is 0.103. The molecule has 4 aromatic rings. The zero-order valence-electron chi connectivity index (χ0n) is 18.1. The van der Waals surface area contributed by atoms with E-state index < -0.39 is 10.0 Å². The largest absolute Gasteiger partial charge is 0.495 e. The summed E-state index contributed by atoms with van der Waals surface area (Å²) in [6.07, 6.45) is 0. The fourth-order valence-corrected chi connectivity index (χ4v) is 5.83. The summed E-state index contributed by atoms with van der Waals surface area (Å²) in [6, 6.07) is 18.9. The number of halogens is 1. The summed E-state index contributed by atoms with van der Waals surface area (Å²) in [6.45, 7) is 1.83. The molecule has 0 unspecified atom stereocenters. The Balaban J connectivity index is 1.63. The van der Waals surface area contributed by atoms with E-state index in [1.54, 1.807) is 60.7 Å². The van der Waals surface area contributed by atoms with Gasteiger partial charge in [0, 0.05) is 22.5 Å². The molecule has 0 saturated heterocycles. The molecule has 33 heavy (non-hydrogen) atoms. The van der Waals surface area contributed by atoms with E-state index in [0.717, 1.165) is 15.6 Å². The third-order valence-corrected chi connectivity index (χ3v) is 8.32. The molecule has 0 spiro atoms. The van der Waals surface area contributed by atoms with E-state index in [1.165, 1.54) is 29.8 Å². The zero-order chi connectivity index (χ0) is 23.8. The van der Waals surface area contributed by atoms with Gasteiger partial charge in [-0.05, 0) is 78.5 Å². The second-order valence-corrected chi connectivity index (χ2v) is 10.9. The fraction of sp³-hybridized carbons (Fsp3) is 0.125. The van der Waals surface area contributed by atoms with Gasteiger partial charge in [0.15, 0.2) is 0 Å². The predicted octanol–water partition coefficient (Wildman–Crippen LogP) is 5.95. The molecule has 0 fully saturated rings. The van der Waals surface area contributed by atoms with Crippen LogP contribution in [0.1, 0.15) is 15.2 Å². The third-order valence-electron chi connectivity index (χ3n) is 5.15. The smallest absolute Gasteiger partial charge is 0.267 e. The van der Waals surface area contributed by atoms with Crippen molar-refractivity contribution in [2.75, 3.05) is 23.8 Å². The Morgan fingerprint density at radius 2 is 1.76 bits per heavy atom. The van der Waals surface area contributed by atoms with E-state index in [4.69, 9.17) is 16.3 Å². The zero-order valence-corrected chi connectivity index (χ0v) is 20.5. The lowest BCUT2D eigenvalue weighted by atomic mass is 10.2. The molecule has 9 heteroatoms. The summed E-state index contributed by atoms with van der Waals surface area (Å²) >= 11 is 7.22. The Bertz CT molecular complexity index is 1450. The molecular weight excluding hydrogens is 480 g/mol. The first kappa shape index (κ1) is 23.1. The molecule has 0 aliphatic heterocycles. The number of nitrogens with one attached hydrogen (secondary N) is 1. The summed E-state index contributed by atoms with van der Waals surface area (Å²) in [4.78, 5) is 13.3. The van der Waals surface area contributed by atoms with Gasteiger partial charge >= 0.3 is 0 Å². The summed E-state index contributed by atoms with van der Waals surface area (Å²) in [5.41, 5.74) is 1.93. The Morgan fingerprint density at radius 1 is 1.03 bits per heavy atom. The highest BCUT2D eigenvalue weighted by atomic mass is 35.5. The van der Waals surface area contributed by atoms with Crippen LogP contribution in [0.4, 0.5) is 11.4 Å². The van der Waals surface area contributed by atoms with Crippen molar-refractivity contribution in [3.63, 3.8) is 0 Å². The van der Waals surface area contributed by atoms with Crippen molar-refractivity contribution in [2.45, 2.75) is 11.8 Å². The molecule has 0 bridgehead atoms. The van der Waals surface area contributed by atoms with Crippen molar-refractivity contribution in [1.29, 1.82) is 0 Å². The van der Waals surface area contributed by atoms with Crippen LogP contribution < -0.4 is 14.4 Å². The van der Waals surface area contributed by atoms with Gasteiger partial charge in [-0.2, -0.15) is 0 Å². The molecule has 0 saturated carbocycles. The molecule has 1 N–H and O–H groups in total. The van der Waals surface area contributed by atoms with E-state index in [-0.39, 0.29) is 16.6 Å². The maximum atomic E-state index is 13.3. The number of ether oxygens (including phenoxy) is 1. The number of benzene rings is 3. The van der Waals surface area contributed by atoms with Gasteiger partial charge < -0.3 is 10.1 Å². The molecule has 1 aromatic heterocycles. The average Bonchev–Trinajstić information content (AvgIpc) is 3.23. The van der Waals surface area contributed by atoms with Gasteiger partial charge in [-0.1, -0.05) is 17.7 Å². The maximum Gasteiger partial charge on any atom is 0.267 e. The highest BCUT2D eigenvalue weighted by Crippen LogP contribution is 2.34. The van der Waals surface area contributed by atoms with Crippen molar-refractivity contribution in [1.82, 2.24) is 0 Å². The maximum absolute atomic E-state index is 13.3. The Morgan fingerprint density at radius 3 is 2.45 bits per heavy atom. The molecule has 1 amide bonds. The molecule has 170 valence electrons. The highest BCUT2D eigenvalue weighted by molar-refractivity contribution is 7.93. The normalized spacial score (nSPS) is 11.4. The first-order chi connectivity index (χ1) is 15.7. The number of rotatable bonds is 6. The second-order valence-electron chi connectivity index (χ2n) is 7.42. The first-order valence-corrected chi connectivity index (χ1v) is 12.6. The van der Waals surface area contributed by atoms with Crippen molar-refractivity contribution in [3.8, 4) is 5.75 Å². The van der Waals surface area contributed by atoms with E-state index in [0.29, 0.717) is 21.3 Å². The first-order valence-electron chi connectivity index (χ1n) is 9.93. The second kappa shape index (κ2) is 9.05. The van der Waals surface area contributed by atoms with Gasteiger partial charge in [0.05, 0.1) is 17.7 Å². The molecule has 4 rings (SSSR count). The lowest BCUT2D eigenvalue weighted by Gasteiger charge is -2.21. The van der Waals surface area contributed by atoms with Gasteiger partial charge in [-0.15, -0.1) is 11.3 Å². The van der Waals surface area contributed by atoms with Gasteiger partial charge in [0.1, 0.15) is 10.6 Å². The number of carbonyl (C=O) groups is 1.